The molecule has 22 heavy (non-hydrogen) atoms. The number of nitrogens with one attached hydrogen (secondary N) is 3. The molecule has 1 aromatic carbocycles. The molecule has 0 bridgehead atoms. The SMILES string of the molecule is CN=C(NCCNC(=O)C(C)C)NCCSc1ccccc1. The Morgan fingerprint density at radius 1 is 1.09 bits per heavy atom. The van der Waals surface area contributed by atoms with E-state index < -0.39 is 0 Å². The monoisotopic (exact) mass is 322 g/mol. The predicted molar refractivity (Wildman–Crippen MR) is 94.4 cm³/mol. The lowest BCUT2D eigenvalue weighted by molar-refractivity contribution is -0.123. The molecule has 0 saturated heterocycles. The van der Waals surface area contributed by atoms with Gasteiger partial charge in [-0.1, -0.05) is 32.0 Å². The van der Waals surface area contributed by atoms with Gasteiger partial charge in [0.2, 0.25) is 5.91 Å². The van der Waals surface area contributed by atoms with E-state index >= 15 is 0 Å². The Morgan fingerprint density at radius 2 is 1.73 bits per heavy atom. The summed E-state index contributed by atoms with van der Waals surface area (Å²) in [6, 6.07) is 10.3. The van der Waals surface area contributed by atoms with Gasteiger partial charge in [-0.25, -0.2) is 0 Å². The Labute approximate surface area is 137 Å². The van der Waals surface area contributed by atoms with Gasteiger partial charge in [-0.05, 0) is 12.1 Å². The number of nitrogens with zero attached hydrogens (tertiary/aromatic N) is 1. The number of aliphatic imine (C=N–C) groups is 1. The average Bonchev–Trinajstić information content (AvgIpc) is 2.54. The highest BCUT2D eigenvalue weighted by molar-refractivity contribution is 7.99. The second-order valence-electron chi connectivity index (χ2n) is 5.03. The van der Waals surface area contributed by atoms with Crippen LogP contribution >= 0.6 is 11.8 Å². The molecular formula is C16H26N4OS. The van der Waals surface area contributed by atoms with Crippen molar-refractivity contribution in [3.05, 3.63) is 30.3 Å². The van der Waals surface area contributed by atoms with E-state index in [9.17, 15) is 4.79 Å². The van der Waals surface area contributed by atoms with E-state index in [1.54, 1.807) is 18.8 Å². The van der Waals surface area contributed by atoms with Crippen molar-refractivity contribution < 1.29 is 4.79 Å². The molecule has 0 aliphatic carbocycles. The van der Waals surface area contributed by atoms with Crippen LogP contribution in [0.25, 0.3) is 0 Å². The number of guanidine groups is 1. The van der Waals surface area contributed by atoms with Crippen LogP contribution in [-0.2, 0) is 4.79 Å². The molecule has 3 N–H and O–H groups in total. The molecule has 0 aliphatic heterocycles. The van der Waals surface area contributed by atoms with Crippen LogP contribution in [-0.4, -0.2) is 44.3 Å². The van der Waals surface area contributed by atoms with Crippen LogP contribution in [0.2, 0.25) is 0 Å². The quantitative estimate of drug-likeness (QED) is 0.295. The number of thioether (sulfide) groups is 1. The smallest absolute Gasteiger partial charge is 0.222 e. The van der Waals surface area contributed by atoms with Gasteiger partial charge in [0.1, 0.15) is 0 Å². The van der Waals surface area contributed by atoms with Gasteiger partial charge < -0.3 is 16.0 Å². The van der Waals surface area contributed by atoms with E-state index in [0.717, 1.165) is 18.3 Å². The zero-order valence-corrected chi connectivity index (χ0v) is 14.4. The third kappa shape index (κ3) is 7.93. The van der Waals surface area contributed by atoms with E-state index in [4.69, 9.17) is 0 Å². The molecule has 0 aromatic heterocycles. The van der Waals surface area contributed by atoms with E-state index in [1.807, 2.05) is 32.0 Å². The fraction of sp³-hybridized carbons (Fsp3) is 0.500. The van der Waals surface area contributed by atoms with Crippen LogP contribution in [0.1, 0.15) is 13.8 Å². The van der Waals surface area contributed by atoms with E-state index in [-0.39, 0.29) is 11.8 Å². The second kappa shape index (κ2) is 11.0. The number of carbonyl (C=O) groups is 1. The molecule has 1 rings (SSSR count). The summed E-state index contributed by atoms with van der Waals surface area (Å²) in [4.78, 5) is 16.8. The predicted octanol–water partition coefficient (Wildman–Crippen LogP) is 1.72. The fourth-order valence-corrected chi connectivity index (χ4v) is 2.44. The first-order chi connectivity index (χ1) is 10.6. The molecule has 0 heterocycles. The maximum Gasteiger partial charge on any atom is 0.222 e. The van der Waals surface area contributed by atoms with E-state index in [0.29, 0.717) is 13.1 Å². The average molecular weight is 322 g/mol. The van der Waals surface area contributed by atoms with Crippen molar-refractivity contribution >= 4 is 23.6 Å². The third-order valence-corrected chi connectivity index (χ3v) is 3.88. The molecule has 0 aliphatic rings. The molecule has 0 fully saturated rings. The molecule has 5 nitrogen and oxygen atoms in total. The van der Waals surface area contributed by atoms with Crippen molar-refractivity contribution in [2.24, 2.45) is 10.9 Å². The van der Waals surface area contributed by atoms with Crippen molar-refractivity contribution in [2.75, 3.05) is 32.4 Å². The zero-order valence-electron chi connectivity index (χ0n) is 13.6. The van der Waals surface area contributed by atoms with Crippen molar-refractivity contribution in [3.8, 4) is 0 Å². The summed E-state index contributed by atoms with van der Waals surface area (Å²) in [6.45, 7) is 5.85. The Kier molecular flexibility index (Phi) is 9.14. The first-order valence-electron chi connectivity index (χ1n) is 7.53. The van der Waals surface area contributed by atoms with Crippen LogP contribution in [0.3, 0.4) is 0 Å². The first kappa shape index (κ1) is 18.4. The van der Waals surface area contributed by atoms with E-state index in [2.05, 4.69) is 33.1 Å². The molecule has 0 saturated carbocycles. The Bertz CT molecular complexity index is 462. The fourth-order valence-electron chi connectivity index (χ4n) is 1.65. The lowest BCUT2D eigenvalue weighted by Crippen LogP contribution is -2.42. The summed E-state index contributed by atoms with van der Waals surface area (Å²) < 4.78 is 0. The minimum atomic E-state index is 0.0208. The molecule has 0 unspecified atom stereocenters. The van der Waals surface area contributed by atoms with Gasteiger partial charge in [-0.15, -0.1) is 11.8 Å². The maximum atomic E-state index is 11.4. The van der Waals surface area contributed by atoms with Gasteiger partial charge in [0.05, 0.1) is 0 Å². The van der Waals surface area contributed by atoms with Crippen LogP contribution < -0.4 is 16.0 Å². The van der Waals surface area contributed by atoms with Gasteiger partial charge in [0.15, 0.2) is 5.96 Å². The molecule has 6 heteroatoms. The van der Waals surface area contributed by atoms with Crippen LogP contribution in [0.5, 0.6) is 0 Å². The molecule has 0 atom stereocenters. The van der Waals surface area contributed by atoms with Gasteiger partial charge >= 0.3 is 0 Å². The van der Waals surface area contributed by atoms with Crippen LogP contribution in [0, 0.1) is 5.92 Å². The number of rotatable bonds is 8. The minimum Gasteiger partial charge on any atom is -0.356 e. The molecule has 1 amide bonds. The minimum absolute atomic E-state index is 0.0208. The van der Waals surface area contributed by atoms with Crippen molar-refractivity contribution in [1.29, 1.82) is 0 Å². The summed E-state index contributed by atoms with van der Waals surface area (Å²) in [5.41, 5.74) is 0. The summed E-state index contributed by atoms with van der Waals surface area (Å²) in [6.07, 6.45) is 0. The molecule has 122 valence electrons. The van der Waals surface area contributed by atoms with E-state index in [1.165, 1.54) is 4.90 Å². The molecular weight excluding hydrogens is 296 g/mol. The number of carbonyl (C=O) groups excluding carboxylic acids is 1. The molecule has 0 radical (unpaired) electrons. The Morgan fingerprint density at radius 3 is 2.36 bits per heavy atom. The summed E-state index contributed by atoms with van der Waals surface area (Å²) in [5, 5.41) is 9.30. The third-order valence-electron chi connectivity index (χ3n) is 2.87. The summed E-state index contributed by atoms with van der Waals surface area (Å²) in [5.74, 6) is 1.82. The van der Waals surface area contributed by atoms with Gasteiger partial charge in [-0.3, -0.25) is 9.79 Å². The highest BCUT2D eigenvalue weighted by Gasteiger charge is 2.05. The molecule has 1 aromatic rings. The summed E-state index contributed by atoms with van der Waals surface area (Å²) in [7, 11) is 1.74. The highest BCUT2D eigenvalue weighted by Crippen LogP contribution is 2.15. The standard InChI is InChI=1S/C16H26N4OS/c1-13(2)15(21)18-9-10-19-16(17-3)20-11-12-22-14-7-5-4-6-8-14/h4-8,13H,9-12H2,1-3H3,(H,18,21)(H2,17,19,20). The number of hydrogen-bond acceptors (Lipinski definition) is 3. The molecule has 0 spiro atoms. The number of amides is 1. The normalized spacial score (nSPS) is 11.4. The zero-order chi connectivity index (χ0) is 16.2. The highest BCUT2D eigenvalue weighted by atomic mass is 32.2. The van der Waals surface area contributed by atoms with Crippen LogP contribution in [0.15, 0.2) is 40.2 Å². The lowest BCUT2D eigenvalue weighted by atomic mass is 10.2. The largest absolute Gasteiger partial charge is 0.356 e. The number of hydrogen-bond donors (Lipinski definition) is 3. The van der Waals surface area contributed by atoms with Crippen LogP contribution in [0.4, 0.5) is 0 Å². The Hall–Kier alpha value is -1.69. The maximum absolute atomic E-state index is 11.4. The van der Waals surface area contributed by atoms with Gasteiger partial charge in [-0.2, -0.15) is 0 Å². The topological polar surface area (TPSA) is 65.5 Å². The van der Waals surface area contributed by atoms with Gasteiger partial charge in [0.25, 0.3) is 0 Å². The first-order valence-corrected chi connectivity index (χ1v) is 8.52. The van der Waals surface area contributed by atoms with Crippen molar-refractivity contribution in [2.45, 2.75) is 18.7 Å². The van der Waals surface area contributed by atoms with Crippen molar-refractivity contribution in [3.63, 3.8) is 0 Å². The summed E-state index contributed by atoms with van der Waals surface area (Å²) >= 11 is 1.81. The number of benzene rings is 1. The van der Waals surface area contributed by atoms with Crippen molar-refractivity contribution in [1.82, 2.24) is 16.0 Å². The second-order valence-corrected chi connectivity index (χ2v) is 6.20. The van der Waals surface area contributed by atoms with Gasteiger partial charge in [0, 0.05) is 43.2 Å². The Balaban J connectivity index is 2.11. The lowest BCUT2D eigenvalue weighted by Gasteiger charge is -2.12.